The summed E-state index contributed by atoms with van der Waals surface area (Å²) in [5.41, 5.74) is 1.12. The van der Waals surface area contributed by atoms with Gasteiger partial charge in [0, 0.05) is 11.7 Å². The Labute approximate surface area is 86.6 Å². The van der Waals surface area contributed by atoms with Crippen molar-refractivity contribution in [3.8, 4) is 0 Å². The topological polar surface area (TPSA) is 29.1 Å². The maximum absolute atomic E-state index is 11.2. The molecule has 3 heteroatoms. The zero-order valence-electron chi connectivity index (χ0n) is 7.91. The summed E-state index contributed by atoms with van der Waals surface area (Å²) in [6.07, 6.45) is 0.473. The normalized spacial score (nSPS) is 10.4. The minimum Gasteiger partial charge on any atom is -0.359 e. The molecule has 0 spiro atoms. The molecule has 2 nitrogen and oxygen atoms in total. The number of carbonyl (C=O) groups is 1. The first kappa shape index (κ1) is 9.21. The van der Waals surface area contributed by atoms with Gasteiger partial charge in [0.2, 0.25) is 5.91 Å². The van der Waals surface area contributed by atoms with Gasteiger partial charge in [0.15, 0.2) is 0 Å². The van der Waals surface area contributed by atoms with Crippen molar-refractivity contribution in [3.05, 3.63) is 35.2 Å². The van der Waals surface area contributed by atoms with Crippen LogP contribution in [0.15, 0.2) is 29.6 Å². The Balaban J connectivity index is 2.38. The van der Waals surface area contributed by atoms with Crippen molar-refractivity contribution in [1.82, 2.24) is 5.32 Å². The molecular weight excluding hydrogens is 194 g/mol. The van der Waals surface area contributed by atoms with Crippen molar-refractivity contribution < 1.29 is 4.79 Å². The fourth-order valence-corrected chi connectivity index (χ4v) is 2.39. The third-order valence-corrected chi connectivity index (χ3v) is 3.20. The first-order valence-corrected chi connectivity index (χ1v) is 5.35. The number of hydrogen-bond donors (Lipinski definition) is 1. The van der Waals surface area contributed by atoms with Crippen LogP contribution in [-0.2, 0) is 11.2 Å². The summed E-state index contributed by atoms with van der Waals surface area (Å²) >= 11 is 1.69. The van der Waals surface area contributed by atoms with E-state index in [1.54, 1.807) is 18.4 Å². The van der Waals surface area contributed by atoms with E-state index in [0.29, 0.717) is 6.42 Å². The smallest absolute Gasteiger partial charge is 0.224 e. The lowest BCUT2D eigenvalue weighted by Crippen LogP contribution is -2.19. The van der Waals surface area contributed by atoms with E-state index in [1.807, 2.05) is 12.1 Å². The number of nitrogens with one attached hydrogen (secondary N) is 1. The summed E-state index contributed by atoms with van der Waals surface area (Å²) < 4.78 is 1.24. The third kappa shape index (κ3) is 1.63. The summed E-state index contributed by atoms with van der Waals surface area (Å²) in [6.45, 7) is 0. The van der Waals surface area contributed by atoms with E-state index in [4.69, 9.17) is 0 Å². The van der Waals surface area contributed by atoms with Crippen LogP contribution < -0.4 is 5.32 Å². The van der Waals surface area contributed by atoms with E-state index in [0.717, 1.165) is 5.56 Å². The molecule has 14 heavy (non-hydrogen) atoms. The highest BCUT2D eigenvalue weighted by atomic mass is 32.1. The number of carbonyl (C=O) groups excluding carboxylic acids is 1. The SMILES string of the molecule is CNC(=O)Cc1csc2ccccc12. The maximum atomic E-state index is 11.2. The highest BCUT2D eigenvalue weighted by molar-refractivity contribution is 7.17. The maximum Gasteiger partial charge on any atom is 0.224 e. The fraction of sp³-hybridized carbons (Fsp3) is 0.182. The molecule has 2 aromatic rings. The molecule has 0 radical (unpaired) electrons. The minimum absolute atomic E-state index is 0.0635. The fourth-order valence-electron chi connectivity index (χ4n) is 1.43. The zero-order valence-corrected chi connectivity index (χ0v) is 8.73. The molecule has 1 amide bonds. The predicted molar refractivity (Wildman–Crippen MR) is 59.6 cm³/mol. The summed E-state index contributed by atoms with van der Waals surface area (Å²) in [6, 6.07) is 8.16. The van der Waals surface area contributed by atoms with Gasteiger partial charge in [-0.25, -0.2) is 0 Å². The van der Waals surface area contributed by atoms with E-state index in [9.17, 15) is 4.79 Å². The number of likely N-dealkylation sites (N-methyl/N-ethyl adjacent to an activating group) is 1. The summed E-state index contributed by atoms with van der Waals surface area (Å²) in [4.78, 5) is 11.2. The van der Waals surface area contributed by atoms with Crippen LogP contribution in [0.3, 0.4) is 0 Å². The molecule has 0 saturated carbocycles. The third-order valence-electron chi connectivity index (χ3n) is 2.19. The molecule has 2 rings (SSSR count). The van der Waals surface area contributed by atoms with Gasteiger partial charge in [0.05, 0.1) is 6.42 Å². The van der Waals surface area contributed by atoms with Crippen LogP contribution in [0.25, 0.3) is 10.1 Å². The first-order valence-electron chi connectivity index (χ1n) is 4.47. The second kappa shape index (κ2) is 3.80. The Morgan fingerprint density at radius 1 is 1.43 bits per heavy atom. The van der Waals surface area contributed by atoms with Crippen molar-refractivity contribution >= 4 is 27.3 Å². The van der Waals surface area contributed by atoms with Gasteiger partial charge in [0.1, 0.15) is 0 Å². The number of amides is 1. The predicted octanol–water partition coefficient (Wildman–Crippen LogP) is 2.19. The molecule has 1 aromatic heterocycles. The Morgan fingerprint density at radius 2 is 2.21 bits per heavy atom. The average molecular weight is 205 g/mol. The molecule has 0 bridgehead atoms. The second-order valence-corrected chi connectivity index (χ2v) is 4.02. The Kier molecular flexibility index (Phi) is 2.50. The molecule has 0 aliphatic carbocycles. The molecule has 1 heterocycles. The molecule has 0 atom stereocenters. The van der Waals surface area contributed by atoms with Crippen molar-refractivity contribution in [2.45, 2.75) is 6.42 Å². The van der Waals surface area contributed by atoms with Crippen molar-refractivity contribution in [2.24, 2.45) is 0 Å². The number of benzene rings is 1. The Hall–Kier alpha value is -1.35. The van der Waals surface area contributed by atoms with E-state index in [-0.39, 0.29) is 5.91 Å². The molecule has 0 unspecified atom stereocenters. The van der Waals surface area contributed by atoms with E-state index in [2.05, 4.69) is 22.8 Å². The van der Waals surface area contributed by atoms with Crippen LogP contribution in [0, 0.1) is 0 Å². The van der Waals surface area contributed by atoms with E-state index < -0.39 is 0 Å². The quantitative estimate of drug-likeness (QED) is 0.800. The number of rotatable bonds is 2. The molecule has 1 aromatic carbocycles. The number of hydrogen-bond acceptors (Lipinski definition) is 2. The second-order valence-electron chi connectivity index (χ2n) is 3.11. The lowest BCUT2D eigenvalue weighted by atomic mass is 10.1. The van der Waals surface area contributed by atoms with Crippen molar-refractivity contribution in [1.29, 1.82) is 0 Å². The van der Waals surface area contributed by atoms with Crippen LogP contribution in [-0.4, -0.2) is 13.0 Å². The van der Waals surface area contributed by atoms with Gasteiger partial charge in [-0.1, -0.05) is 18.2 Å². The van der Waals surface area contributed by atoms with E-state index in [1.165, 1.54) is 10.1 Å². The van der Waals surface area contributed by atoms with Gasteiger partial charge in [-0.15, -0.1) is 11.3 Å². The summed E-state index contributed by atoms with van der Waals surface area (Å²) in [5.74, 6) is 0.0635. The molecule has 0 fully saturated rings. The minimum atomic E-state index is 0.0635. The molecular formula is C11H11NOS. The lowest BCUT2D eigenvalue weighted by molar-refractivity contribution is -0.119. The van der Waals surface area contributed by atoms with Crippen LogP contribution in [0.1, 0.15) is 5.56 Å². The van der Waals surface area contributed by atoms with Gasteiger partial charge < -0.3 is 5.32 Å². The lowest BCUT2D eigenvalue weighted by Gasteiger charge is -1.97. The average Bonchev–Trinajstić information content (AvgIpc) is 2.62. The van der Waals surface area contributed by atoms with Gasteiger partial charge in [-0.2, -0.15) is 0 Å². The summed E-state index contributed by atoms with van der Waals surface area (Å²) in [7, 11) is 1.66. The monoisotopic (exact) mass is 205 g/mol. The standard InChI is InChI=1S/C11H11NOS/c1-12-11(13)6-8-7-14-10-5-3-2-4-9(8)10/h2-5,7H,6H2,1H3,(H,12,13). The first-order chi connectivity index (χ1) is 6.81. The zero-order chi connectivity index (χ0) is 9.97. The molecule has 72 valence electrons. The highest BCUT2D eigenvalue weighted by Crippen LogP contribution is 2.25. The van der Waals surface area contributed by atoms with Gasteiger partial charge in [-0.05, 0) is 22.4 Å². The molecule has 0 aliphatic rings. The van der Waals surface area contributed by atoms with Crippen LogP contribution in [0.5, 0.6) is 0 Å². The Morgan fingerprint density at radius 3 is 3.00 bits per heavy atom. The van der Waals surface area contributed by atoms with Crippen molar-refractivity contribution in [3.63, 3.8) is 0 Å². The summed E-state index contributed by atoms with van der Waals surface area (Å²) in [5, 5.41) is 5.88. The number of fused-ring (bicyclic) bond motifs is 1. The Bertz CT molecular complexity index is 461. The van der Waals surface area contributed by atoms with Crippen LogP contribution in [0.2, 0.25) is 0 Å². The highest BCUT2D eigenvalue weighted by Gasteiger charge is 2.06. The molecule has 0 aliphatic heterocycles. The number of thiophene rings is 1. The van der Waals surface area contributed by atoms with Crippen LogP contribution in [0.4, 0.5) is 0 Å². The van der Waals surface area contributed by atoms with Crippen LogP contribution >= 0.6 is 11.3 Å². The largest absolute Gasteiger partial charge is 0.359 e. The van der Waals surface area contributed by atoms with Crippen molar-refractivity contribution in [2.75, 3.05) is 7.05 Å². The molecule has 1 N–H and O–H groups in total. The van der Waals surface area contributed by atoms with Gasteiger partial charge in [-0.3, -0.25) is 4.79 Å². The van der Waals surface area contributed by atoms with E-state index >= 15 is 0 Å². The van der Waals surface area contributed by atoms with Gasteiger partial charge in [0.25, 0.3) is 0 Å². The molecule has 0 saturated heterocycles. The van der Waals surface area contributed by atoms with Gasteiger partial charge >= 0.3 is 0 Å².